The van der Waals surface area contributed by atoms with E-state index in [2.05, 4.69) is 26.0 Å². The van der Waals surface area contributed by atoms with Crippen LogP contribution >= 0.6 is 0 Å². The van der Waals surface area contributed by atoms with Crippen LogP contribution in [0.4, 0.5) is 0 Å². The molecule has 74 heavy (non-hydrogen) atoms. The lowest BCUT2D eigenvalue weighted by molar-refractivity contribution is -0.161. The van der Waals surface area contributed by atoms with Crippen molar-refractivity contribution in [3.8, 4) is 0 Å². The zero-order valence-electron chi connectivity index (χ0n) is 50.7. The van der Waals surface area contributed by atoms with Gasteiger partial charge in [-0.15, -0.1) is 0 Å². The molecule has 1 unspecified atom stereocenters. The van der Waals surface area contributed by atoms with Crippen LogP contribution in [0, 0.1) is 0 Å². The minimum Gasteiger partial charge on any atom is -0.462 e. The molecule has 0 heterocycles. The van der Waals surface area contributed by atoms with Gasteiger partial charge in [-0.1, -0.05) is 360 Å². The van der Waals surface area contributed by atoms with Gasteiger partial charge in [0.15, 0.2) is 6.10 Å². The molecule has 0 amide bonds. The molecular weight excluding hydrogens is 909 g/mol. The van der Waals surface area contributed by atoms with Crippen molar-refractivity contribution in [2.45, 2.75) is 405 Å². The van der Waals surface area contributed by atoms with Crippen molar-refractivity contribution in [1.29, 1.82) is 0 Å². The normalized spacial score (nSPS) is 12.1. The Morgan fingerprint density at radius 1 is 0.297 bits per heavy atom. The molecule has 0 spiro atoms. The highest BCUT2D eigenvalue weighted by Gasteiger charge is 2.16. The SMILES string of the molecule is CCCCCCCCCC/C=C\CCCCCCCCCCCC(=O)OC(CO)COC(=O)CCCCCCCCCCCCCCCCCCCCCCCCCCCCCCCCCCCCCCCCC. The third-order valence-corrected chi connectivity index (χ3v) is 16.1. The molecule has 0 saturated carbocycles. The summed E-state index contributed by atoms with van der Waals surface area (Å²) in [6.45, 7) is 4.21. The van der Waals surface area contributed by atoms with Gasteiger partial charge in [0.25, 0.3) is 0 Å². The van der Waals surface area contributed by atoms with Crippen LogP contribution in [-0.2, 0) is 19.1 Å². The summed E-state index contributed by atoms with van der Waals surface area (Å²) in [7, 11) is 0. The molecule has 0 rings (SSSR count). The fourth-order valence-corrected chi connectivity index (χ4v) is 10.9. The van der Waals surface area contributed by atoms with Crippen LogP contribution in [0.2, 0.25) is 0 Å². The first-order chi connectivity index (χ1) is 36.6. The Labute approximate surface area is 464 Å². The second-order valence-corrected chi connectivity index (χ2v) is 23.6. The number of allylic oxidation sites excluding steroid dienone is 2. The van der Waals surface area contributed by atoms with Gasteiger partial charge in [0.1, 0.15) is 6.61 Å². The van der Waals surface area contributed by atoms with E-state index in [4.69, 9.17) is 9.47 Å². The molecule has 0 saturated heterocycles. The highest BCUT2D eigenvalue weighted by atomic mass is 16.6. The molecule has 0 aromatic heterocycles. The van der Waals surface area contributed by atoms with Crippen LogP contribution in [0.1, 0.15) is 399 Å². The van der Waals surface area contributed by atoms with Crippen LogP contribution in [0.5, 0.6) is 0 Å². The zero-order chi connectivity index (χ0) is 53.4. The maximum Gasteiger partial charge on any atom is 0.306 e. The number of ether oxygens (including phenoxy) is 2. The summed E-state index contributed by atoms with van der Waals surface area (Å²) in [5, 5.41) is 9.68. The average molecular weight is 1040 g/mol. The topological polar surface area (TPSA) is 72.8 Å². The quantitative estimate of drug-likeness (QED) is 0.0373. The number of hydrogen-bond donors (Lipinski definition) is 1. The molecule has 0 fully saturated rings. The molecule has 440 valence electrons. The summed E-state index contributed by atoms with van der Waals surface area (Å²) in [6.07, 6.45) is 84.0. The van der Waals surface area contributed by atoms with Gasteiger partial charge < -0.3 is 14.6 Å². The van der Waals surface area contributed by atoms with Gasteiger partial charge in [-0.05, 0) is 38.5 Å². The lowest BCUT2D eigenvalue weighted by Crippen LogP contribution is -2.28. The molecule has 0 aliphatic rings. The van der Waals surface area contributed by atoms with Crippen molar-refractivity contribution in [2.24, 2.45) is 0 Å². The highest BCUT2D eigenvalue weighted by molar-refractivity contribution is 5.70. The summed E-state index contributed by atoms with van der Waals surface area (Å²) < 4.78 is 10.7. The van der Waals surface area contributed by atoms with Crippen molar-refractivity contribution in [3.05, 3.63) is 12.2 Å². The lowest BCUT2D eigenvalue weighted by Gasteiger charge is -2.15. The smallest absolute Gasteiger partial charge is 0.306 e. The maximum absolute atomic E-state index is 12.3. The van der Waals surface area contributed by atoms with E-state index in [1.54, 1.807) is 0 Å². The molecular formula is C69H134O5. The molecule has 0 bridgehead atoms. The largest absolute Gasteiger partial charge is 0.462 e. The number of esters is 2. The number of carbonyl (C=O) groups excluding carboxylic acids is 2. The number of rotatable bonds is 65. The molecule has 0 aromatic rings. The van der Waals surface area contributed by atoms with E-state index in [1.165, 1.54) is 340 Å². The van der Waals surface area contributed by atoms with Gasteiger partial charge in [-0.3, -0.25) is 9.59 Å². The second kappa shape index (κ2) is 65.9. The van der Waals surface area contributed by atoms with E-state index in [1.807, 2.05) is 0 Å². The Morgan fingerprint density at radius 2 is 0.500 bits per heavy atom. The number of hydrogen-bond acceptors (Lipinski definition) is 5. The number of aliphatic hydroxyl groups excluding tert-OH is 1. The summed E-state index contributed by atoms with van der Waals surface area (Å²) in [4.78, 5) is 24.6. The van der Waals surface area contributed by atoms with Gasteiger partial charge in [-0.25, -0.2) is 0 Å². The third-order valence-electron chi connectivity index (χ3n) is 16.1. The van der Waals surface area contributed by atoms with Crippen LogP contribution in [0.25, 0.3) is 0 Å². The maximum atomic E-state index is 12.3. The Hall–Kier alpha value is -1.36. The highest BCUT2D eigenvalue weighted by Crippen LogP contribution is 2.19. The molecule has 5 heteroatoms. The minimum atomic E-state index is -0.769. The van der Waals surface area contributed by atoms with Gasteiger partial charge in [-0.2, -0.15) is 0 Å². The fraction of sp³-hybridized carbons (Fsp3) is 0.942. The van der Waals surface area contributed by atoms with E-state index in [9.17, 15) is 14.7 Å². The van der Waals surface area contributed by atoms with Gasteiger partial charge in [0.2, 0.25) is 0 Å². The van der Waals surface area contributed by atoms with Crippen LogP contribution < -0.4 is 0 Å². The van der Waals surface area contributed by atoms with Gasteiger partial charge >= 0.3 is 11.9 Å². The first-order valence-electron chi connectivity index (χ1n) is 34.2. The molecule has 0 aromatic carbocycles. The zero-order valence-corrected chi connectivity index (χ0v) is 50.7. The predicted molar refractivity (Wildman–Crippen MR) is 325 cm³/mol. The first-order valence-corrected chi connectivity index (χ1v) is 34.2. The molecule has 0 aliphatic carbocycles. The van der Waals surface area contributed by atoms with Crippen molar-refractivity contribution >= 4 is 11.9 Å². The van der Waals surface area contributed by atoms with E-state index in [-0.39, 0.29) is 25.2 Å². The standard InChI is InChI=1S/C69H134O5/c1-3-5-7-9-11-13-15-17-19-21-23-25-26-27-28-29-30-31-32-33-34-35-36-37-38-39-40-41-42-44-45-47-49-51-53-55-57-59-61-63-68(71)73-66-67(65-70)74-69(72)64-62-60-58-56-54-52-50-48-46-43-24-22-20-18-16-14-12-10-8-6-4-2/h22,24,67,70H,3-21,23,25-66H2,1-2H3/b24-22-. The average Bonchev–Trinajstić information content (AvgIpc) is 3.40. The fourth-order valence-electron chi connectivity index (χ4n) is 10.9. The number of unbranched alkanes of at least 4 members (excludes halogenated alkanes) is 55. The molecule has 5 nitrogen and oxygen atoms in total. The van der Waals surface area contributed by atoms with E-state index in [0.29, 0.717) is 12.8 Å². The van der Waals surface area contributed by atoms with Crippen molar-refractivity contribution in [2.75, 3.05) is 13.2 Å². The Morgan fingerprint density at radius 3 is 0.730 bits per heavy atom. The van der Waals surface area contributed by atoms with Crippen molar-refractivity contribution < 1.29 is 24.2 Å². The minimum absolute atomic E-state index is 0.0591. The summed E-state index contributed by atoms with van der Waals surface area (Å²) in [5.41, 5.74) is 0. The van der Waals surface area contributed by atoms with Crippen LogP contribution in [0.3, 0.4) is 0 Å². The van der Waals surface area contributed by atoms with Crippen molar-refractivity contribution in [1.82, 2.24) is 0 Å². The number of carbonyl (C=O) groups is 2. The van der Waals surface area contributed by atoms with Crippen LogP contribution in [0.15, 0.2) is 12.2 Å². The first kappa shape index (κ1) is 72.6. The Balaban J connectivity index is 3.34. The molecule has 1 N–H and O–H groups in total. The summed E-state index contributed by atoms with van der Waals surface area (Å²) in [6, 6.07) is 0. The lowest BCUT2D eigenvalue weighted by atomic mass is 10.0. The molecule has 1 atom stereocenters. The van der Waals surface area contributed by atoms with E-state index >= 15 is 0 Å². The third kappa shape index (κ3) is 63.2. The van der Waals surface area contributed by atoms with E-state index in [0.717, 1.165) is 32.1 Å². The Bertz CT molecular complexity index is 1090. The summed E-state index contributed by atoms with van der Waals surface area (Å²) in [5.74, 6) is -0.568. The molecule has 0 aliphatic heterocycles. The van der Waals surface area contributed by atoms with Crippen molar-refractivity contribution in [3.63, 3.8) is 0 Å². The van der Waals surface area contributed by atoms with Crippen LogP contribution in [-0.4, -0.2) is 36.4 Å². The van der Waals surface area contributed by atoms with Gasteiger partial charge in [0, 0.05) is 12.8 Å². The monoisotopic (exact) mass is 1040 g/mol. The summed E-state index contributed by atoms with van der Waals surface area (Å²) >= 11 is 0. The van der Waals surface area contributed by atoms with E-state index < -0.39 is 6.10 Å². The predicted octanol–water partition coefficient (Wildman–Crippen LogP) is 23.4. The second-order valence-electron chi connectivity index (χ2n) is 23.6. The number of aliphatic hydroxyl groups is 1. The Kier molecular flexibility index (Phi) is 64.7. The molecule has 0 radical (unpaired) electrons. The van der Waals surface area contributed by atoms with Gasteiger partial charge in [0.05, 0.1) is 6.61 Å².